The van der Waals surface area contributed by atoms with Gasteiger partial charge >= 0.3 is 0 Å². The van der Waals surface area contributed by atoms with Gasteiger partial charge in [-0.05, 0) is 173 Å². The van der Waals surface area contributed by atoms with Crippen molar-refractivity contribution >= 4 is 113 Å². The first kappa shape index (κ1) is 36.4. The lowest BCUT2D eigenvalue weighted by molar-refractivity contribution is -0.120. The van der Waals surface area contributed by atoms with Gasteiger partial charge in [0.25, 0.3) is 0 Å². The maximum atomic E-state index is 6.43. The molecule has 3 aliphatic rings. The second-order valence-electron chi connectivity index (χ2n) is 14.1. The summed E-state index contributed by atoms with van der Waals surface area (Å²) < 4.78 is 41.0. The molecule has 3 fully saturated rings. The summed E-state index contributed by atoms with van der Waals surface area (Å²) in [5, 5.41) is 0. The highest BCUT2D eigenvalue weighted by atomic mass is 127. The van der Waals surface area contributed by atoms with Gasteiger partial charge in [-0.2, -0.15) is 0 Å². The summed E-state index contributed by atoms with van der Waals surface area (Å²) in [7, 11) is 0. The van der Waals surface area contributed by atoms with E-state index in [1.165, 1.54) is 16.7 Å². The lowest BCUT2D eigenvalue weighted by atomic mass is 9.71. The second-order valence-corrected chi connectivity index (χ2v) is 19.9. The topological polar surface area (TPSA) is 55.4 Å². The molecule has 6 rings (SSSR count). The Balaban J connectivity index is 1.38. The van der Waals surface area contributed by atoms with Crippen molar-refractivity contribution in [1.29, 1.82) is 0 Å². The lowest BCUT2D eigenvalue weighted by Crippen LogP contribution is -2.44. The van der Waals surface area contributed by atoms with Gasteiger partial charge in [0.15, 0.2) is 0 Å². The summed E-state index contributed by atoms with van der Waals surface area (Å²) in [5.41, 5.74) is 3.36. The van der Waals surface area contributed by atoms with Gasteiger partial charge in [-0.15, -0.1) is 0 Å². The molecule has 0 radical (unpaired) electrons. The maximum absolute atomic E-state index is 6.43. The molecule has 0 bridgehead atoms. The molecular formula is C35H37I5O6. The predicted molar refractivity (Wildman–Crippen MR) is 222 cm³/mol. The van der Waals surface area contributed by atoms with E-state index in [1.54, 1.807) is 0 Å². The Morgan fingerprint density at radius 1 is 0.543 bits per heavy atom. The summed E-state index contributed by atoms with van der Waals surface area (Å²) in [6.45, 7) is 15.4. The van der Waals surface area contributed by atoms with Crippen molar-refractivity contribution < 1.29 is 28.4 Å². The number of rotatable bonds is 12. The summed E-state index contributed by atoms with van der Waals surface area (Å²) >= 11 is 12.1. The molecular weight excluding hydrogens is 1150 g/mol. The van der Waals surface area contributed by atoms with Crippen molar-refractivity contribution in [3.8, 4) is 17.2 Å². The van der Waals surface area contributed by atoms with E-state index in [2.05, 4.69) is 183 Å². The lowest BCUT2D eigenvalue weighted by Gasteiger charge is -2.38. The van der Waals surface area contributed by atoms with E-state index < -0.39 is 5.41 Å². The predicted octanol–water partition coefficient (Wildman–Crippen LogP) is 9.31. The van der Waals surface area contributed by atoms with E-state index >= 15 is 0 Å². The van der Waals surface area contributed by atoms with Crippen molar-refractivity contribution in [1.82, 2.24) is 0 Å². The van der Waals surface area contributed by atoms with Crippen molar-refractivity contribution in [3.05, 3.63) is 77.0 Å². The molecule has 6 nitrogen and oxygen atoms in total. The average Bonchev–Trinajstić information content (AvgIpc) is 2.96. The van der Waals surface area contributed by atoms with Crippen LogP contribution in [0, 0.1) is 34.1 Å². The van der Waals surface area contributed by atoms with Crippen molar-refractivity contribution in [3.63, 3.8) is 0 Å². The smallest absolute Gasteiger partial charge is 0.145 e. The zero-order chi connectivity index (χ0) is 32.9. The first-order valence-corrected chi connectivity index (χ1v) is 20.5. The molecule has 46 heavy (non-hydrogen) atoms. The van der Waals surface area contributed by atoms with Crippen molar-refractivity contribution in [2.24, 2.45) is 16.2 Å². The van der Waals surface area contributed by atoms with Gasteiger partial charge in [-0.1, -0.05) is 26.8 Å². The van der Waals surface area contributed by atoms with E-state index in [4.69, 9.17) is 28.4 Å². The monoisotopic (exact) mass is 1190 g/mol. The maximum Gasteiger partial charge on any atom is 0.145 e. The minimum absolute atomic E-state index is 0.0726. The molecule has 3 saturated heterocycles. The van der Waals surface area contributed by atoms with Crippen LogP contribution >= 0.6 is 113 Å². The third-order valence-corrected chi connectivity index (χ3v) is 13.1. The highest BCUT2D eigenvalue weighted by Crippen LogP contribution is 2.46. The molecule has 0 unspecified atom stereocenters. The Kier molecular flexibility index (Phi) is 11.3. The molecule has 0 N–H and O–H groups in total. The fourth-order valence-electron chi connectivity index (χ4n) is 5.75. The van der Waals surface area contributed by atoms with Crippen LogP contribution in [-0.2, 0) is 19.6 Å². The number of hydrogen-bond donors (Lipinski definition) is 0. The summed E-state index contributed by atoms with van der Waals surface area (Å²) in [4.78, 5) is 0. The average molecular weight is 1190 g/mol. The summed E-state index contributed by atoms with van der Waals surface area (Å²) in [6.07, 6.45) is 0. The van der Waals surface area contributed by atoms with Gasteiger partial charge in [0.1, 0.15) is 17.2 Å². The molecule has 3 aromatic rings. The highest BCUT2D eigenvalue weighted by molar-refractivity contribution is 14.1. The van der Waals surface area contributed by atoms with E-state index in [0.29, 0.717) is 19.8 Å². The van der Waals surface area contributed by atoms with Crippen LogP contribution in [0.3, 0.4) is 0 Å². The minimum Gasteiger partial charge on any atom is -0.492 e. The number of hydrogen-bond acceptors (Lipinski definition) is 6. The minimum atomic E-state index is -0.468. The molecule has 0 spiro atoms. The Bertz CT molecular complexity index is 1490. The van der Waals surface area contributed by atoms with Crippen LogP contribution in [0.1, 0.15) is 44.4 Å². The van der Waals surface area contributed by atoms with Gasteiger partial charge in [0, 0.05) is 21.7 Å². The Morgan fingerprint density at radius 2 is 0.891 bits per heavy atom. The van der Waals surface area contributed by atoms with Crippen LogP contribution in [-0.4, -0.2) is 59.5 Å². The van der Waals surface area contributed by atoms with Crippen LogP contribution in [0.15, 0.2) is 42.5 Å². The van der Waals surface area contributed by atoms with Gasteiger partial charge in [-0.3, -0.25) is 0 Å². The Morgan fingerprint density at radius 3 is 1.22 bits per heavy atom. The van der Waals surface area contributed by atoms with Crippen molar-refractivity contribution in [2.45, 2.75) is 33.1 Å². The van der Waals surface area contributed by atoms with E-state index in [0.717, 1.165) is 74.7 Å². The molecule has 0 atom stereocenters. The van der Waals surface area contributed by atoms with Crippen molar-refractivity contribution in [2.75, 3.05) is 59.5 Å². The summed E-state index contributed by atoms with van der Waals surface area (Å²) in [5.74, 6) is 2.78. The third-order valence-electron chi connectivity index (χ3n) is 9.07. The van der Waals surface area contributed by atoms with Gasteiger partial charge < -0.3 is 28.4 Å². The van der Waals surface area contributed by atoms with Gasteiger partial charge in [-0.25, -0.2) is 0 Å². The molecule has 0 aromatic heterocycles. The van der Waals surface area contributed by atoms with Gasteiger partial charge in [0.05, 0.1) is 77.3 Å². The third kappa shape index (κ3) is 7.60. The molecule has 0 amide bonds. The Labute approximate surface area is 340 Å². The molecule has 3 heterocycles. The van der Waals surface area contributed by atoms with Crippen LogP contribution in [0.25, 0.3) is 0 Å². The van der Waals surface area contributed by atoms with Crippen LogP contribution < -0.4 is 14.2 Å². The first-order valence-electron chi connectivity index (χ1n) is 15.1. The zero-order valence-corrected chi connectivity index (χ0v) is 37.0. The van der Waals surface area contributed by atoms with Crippen LogP contribution in [0.5, 0.6) is 17.2 Å². The second kappa shape index (κ2) is 14.3. The molecule has 0 saturated carbocycles. The standard InChI is InChI=1S/C35H37I5O6/c1-32(12-41-13-32)18-44-29-6-5-21(7-24(29)36)35(4,22-8-25(37)30(26(38)9-22)45-19-33(2)14-42-15-33)23-10-27(39)31(28(40)11-23)46-20-34(3)16-43-17-34/h5-11H,12-20H2,1-4H3. The van der Waals surface area contributed by atoms with E-state index in [-0.39, 0.29) is 16.2 Å². The Hall–Kier alpha value is 0.590. The van der Waals surface area contributed by atoms with Gasteiger partial charge in [0.2, 0.25) is 0 Å². The largest absolute Gasteiger partial charge is 0.492 e. The molecule has 248 valence electrons. The normalized spacial score (nSPS) is 19.4. The number of benzene rings is 3. The number of ether oxygens (including phenoxy) is 6. The van der Waals surface area contributed by atoms with E-state index in [1.807, 2.05) is 0 Å². The molecule has 3 aliphatic heterocycles. The fourth-order valence-corrected chi connectivity index (χ4v) is 10.6. The molecule has 3 aromatic carbocycles. The number of halogens is 5. The SMILES string of the molecule is CC1(COc2ccc(C(C)(c3cc(I)c(OCC4(C)COC4)c(I)c3)c3cc(I)c(OCC4(C)COC4)c(I)c3)cc2I)COC1. The quantitative estimate of drug-likeness (QED) is 0.133. The zero-order valence-electron chi connectivity index (χ0n) is 26.2. The van der Waals surface area contributed by atoms with Crippen LogP contribution in [0.2, 0.25) is 0 Å². The summed E-state index contributed by atoms with van der Waals surface area (Å²) in [6, 6.07) is 15.8. The fraction of sp³-hybridized carbons (Fsp3) is 0.486. The molecule has 11 heteroatoms. The van der Waals surface area contributed by atoms with E-state index in [9.17, 15) is 0 Å². The molecule has 0 aliphatic carbocycles. The van der Waals surface area contributed by atoms with Crippen LogP contribution in [0.4, 0.5) is 0 Å². The first-order chi connectivity index (χ1) is 21.7. The highest BCUT2D eigenvalue weighted by Gasteiger charge is 2.38.